The number of hydrogen-bond donors (Lipinski definition) is 0. The zero-order chi connectivity index (χ0) is 24.4. The highest BCUT2D eigenvalue weighted by atomic mass is 16.5. The fourth-order valence-corrected chi connectivity index (χ4v) is 3.91. The Morgan fingerprint density at radius 1 is 1.21 bits per heavy atom. The lowest BCUT2D eigenvalue weighted by Crippen LogP contribution is -2.31. The van der Waals surface area contributed by atoms with Crippen LogP contribution in [-0.4, -0.2) is 26.5 Å². The molecular formula is C26H25N5O3. The summed E-state index contributed by atoms with van der Waals surface area (Å²) >= 11 is 0. The van der Waals surface area contributed by atoms with Crippen molar-refractivity contribution in [3.05, 3.63) is 81.2 Å². The molecule has 4 rings (SSSR count). The fourth-order valence-electron chi connectivity index (χ4n) is 3.91. The minimum Gasteiger partial charge on any atom is -0.493 e. The average Bonchev–Trinajstić information content (AvgIpc) is 2.81. The number of rotatable bonds is 5. The third-order valence-electron chi connectivity index (χ3n) is 5.40. The van der Waals surface area contributed by atoms with Crippen molar-refractivity contribution >= 4 is 22.6 Å². The number of ether oxygens (including phenoxy) is 1. The van der Waals surface area contributed by atoms with E-state index in [4.69, 9.17) is 9.72 Å². The summed E-state index contributed by atoms with van der Waals surface area (Å²) in [6, 6.07) is 14.1. The zero-order valence-corrected chi connectivity index (χ0v) is 19.6. The molecule has 0 aliphatic carbocycles. The van der Waals surface area contributed by atoms with Crippen LogP contribution in [0.25, 0.3) is 16.7 Å². The van der Waals surface area contributed by atoms with Crippen LogP contribution in [0.2, 0.25) is 0 Å². The summed E-state index contributed by atoms with van der Waals surface area (Å²) in [6.45, 7) is 8.54. The molecule has 0 radical (unpaired) electrons. The summed E-state index contributed by atoms with van der Waals surface area (Å²) < 4.78 is 8.76. The quantitative estimate of drug-likeness (QED) is 0.428. The van der Waals surface area contributed by atoms with Crippen LogP contribution in [0.4, 0.5) is 0 Å². The summed E-state index contributed by atoms with van der Waals surface area (Å²) in [7, 11) is 0. The van der Waals surface area contributed by atoms with Crippen molar-refractivity contribution in [3.63, 3.8) is 0 Å². The fraction of sp³-hybridized carbons (Fsp3) is 0.269. The van der Waals surface area contributed by atoms with E-state index in [1.165, 1.54) is 10.5 Å². The Labute approximate surface area is 196 Å². The molecule has 8 nitrogen and oxygen atoms in total. The molecule has 1 aromatic carbocycles. The first kappa shape index (κ1) is 22.9. The Bertz CT molecular complexity index is 1590. The van der Waals surface area contributed by atoms with Crippen LogP contribution in [0, 0.1) is 24.2 Å². The largest absolute Gasteiger partial charge is 0.493 e. The molecule has 0 N–H and O–H groups in total. The van der Waals surface area contributed by atoms with Gasteiger partial charge < -0.3 is 9.30 Å². The van der Waals surface area contributed by atoms with E-state index in [1.54, 1.807) is 41.1 Å². The predicted molar refractivity (Wildman–Crippen MR) is 129 cm³/mol. The van der Waals surface area contributed by atoms with Gasteiger partial charge in [-0.25, -0.2) is 4.98 Å². The Hall–Kier alpha value is -4.25. The first-order valence-electron chi connectivity index (χ1n) is 11.1. The predicted octanol–water partition coefficient (Wildman–Crippen LogP) is 3.63. The Balaban J connectivity index is 2.10. The third-order valence-corrected chi connectivity index (χ3v) is 5.40. The van der Waals surface area contributed by atoms with Crippen molar-refractivity contribution in [1.82, 2.24) is 14.0 Å². The van der Waals surface area contributed by atoms with Crippen molar-refractivity contribution in [1.29, 1.82) is 5.26 Å². The van der Waals surface area contributed by atoms with Gasteiger partial charge in [0.15, 0.2) is 5.49 Å². The van der Waals surface area contributed by atoms with Gasteiger partial charge in [0.2, 0.25) is 0 Å². The number of fused-ring (bicyclic) bond motifs is 2. The molecule has 0 saturated carbocycles. The van der Waals surface area contributed by atoms with Crippen molar-refractivity contribution in [3.8, 4) is 11.8 Å². The number of carbonyl (C=O) groups excluding carboxylic acids is 1. The molecule has 3 heterocycles. The van der Waals surface area contributed by atoms with Gasteiger partial charge in [-0.15, -0.1) is 0 Å². The number of aromatic nitrogens is 3. The lowest BCUT2D eigenvalue weighted by Gasteiger charge is -2.16. The molecule has 0 spiro atoms. The molecule has 0 aliphatic heterocycles. The number of aryl methyl sites for hydroxylation is 1. The van der Waals surface area contributed by atoms with Crippen molar-refractivity contribution < 1.29 is 9.53 Å². The van der Waals surface area contributed by atoms with E-state index in [2.05, 4.69) is 11.1 Å². The summed E-state index contributed by atoms with van der Waals surface area (Å²) in [5, 5.41) is 10.2. The molecule has 0 atom stereocenters. The molecule has 0 bridgehead atoms. The Kier molecular flexibility index (Phi) is 6.28. The van der Waals surface area contributed by atoms with Gasteiger partial charge >= 0.3 is 0 Å². The van der Waals surface area contributed by atoms with Gasteiger partial charge in [0.05, 0.1) is 23.1 Å². The molecular weight excluding hydrogens is 430 g/mol. The van der Waals surface area contributed by atoms with E-state index in [0.717, 1.165) is 5.56 Å². The number of para-hydroxylation sites is 1. The Morgan fingerprint density at radius 2 is 1.97 bits per heavy atom. The summed E-state index contributed by atoms with van der Waals surface area (Å²) in [5.41, 5.74) is 2.05. The third kappa shape index (κ3) is 4.08. The van der Waals surface area contributed by atoms with Crippen LogP contribution < -0.4 is 15.8 Å². The van der Waals surface area contributed by atoms with Crippen molar-refractivity contribution in [2.75, 3.05) is 6.61 Å². The van der Waals surface area contributed by atoms with Gasteiger partial charge in [0.1, 0.15) is 23.1 Å². The van der Waals surface area contributed by atoms with Crippen LogP contribution >= 0.6 is 0 Å². The maximum Gasteiger partial charge on any atom is 0.282 e. The lowest BCUT2D eigenvalue weighted by molar-refractivity contribution is 0.0993. The van der Waals surface area contributed by atoms with Gasteiger partial charge in [-0.05, 0) is 49.6 Å². The summed E-state index contributed by atoms with van der Waals surface area (Å²) in [6.07, 6.45) is 1.66. The standard InChI is InChI=1S/C26H25N5O3/c1-5-34-21-11-7-6-10-19(21)25(32)29-23-18(14-27)13-20-24(31(23)15-16(2)3)28-22-17(4)9-8-12-30(22)26(20)33/h6-13,16H,5,15H2,1-4H3. The van der Waals surface area contributed by atoms with Gasteiger partial charge in [0.25, 0.3) is 11.5 Å². The summed E-state index contributed by atoms with van der Waals surface area (Å²) in [4.78, 5) is 35.7. The summed E-state index contributed by atoms with van der Waals surface area (Å²) in [5.74, 6) is 0.0246. The van der Waals surface area contributed by atoms with E-state index in [9.17, 15) is 14.9 Å². The normalized spacial score (nSPS) is 11.8. The molecule has 1 amide bonds. The first-order chi connectivity index (χ1) is 16.3. The van der Waals surface area contributed by atoms with Crippen molar-refractivity contribution in [2.24, 2.45) is 10.9 Å². The highest BCUT2D eigenvalue weighted by molar-refractivity contribution is 5.97. The number of carbonyl (C=O) groups is 1. The number of benzene rings is 1. The SMILES string of the molecule is CCOc1ccccc1C(=O)N=c1c(C#N)cc2c(=O)n3cccc(C)c3nc2n1CC(C)C. The van der Waals surface area contributed by atoms with E-state index in [1.807, 2.05) is 33.8 Å². The number of nitrogens with zero attached hydrogens (tertiary/aromatic N) is 5. The number of nitriles is 1. The molecule has 0 fully saturated rings. The topological polar surface area (TPSA) is 102 Å². The van der Waals surface area contributed by atoms with Crippen LogP contribution in [0.1, 0.15) is 42.3 Å². The van der Waals surface area contributed by atoms with Gasteiger partial charge in [0, 0.05) is 12.7 Å². The second kappa shape index (κ2) is 9.32. The molecule has 8 heteroatoms. The van der Waals surface area contributed by atoms with Crippen LogP contribution in [0.3, 0.4) is 0 Å². The number of hydrogen-bond acceptors (Lipinski definition) is 5. The maximum absolute atomic E-state index is 13.3. The highest BCUT2D eigenvalue weighted by Gasteiger charge is 2.18. The zero-order valence-electron chi connectivity index (χ0n) is 19.6. The van der Waals surface area contributed by atoms with Crippen LogP contribution in [0.5, 0.6) is 5.75 Å². The van der Waals surface area contributed by atoms with Gasteiger partial charge in [-0.3, -0.25) is 14.0 Å². The Morgan fingerprint density at radius 3 is 2.68 bits per heavy atom. The maximum atomic E-state index is 13.3. The lowest BCUT2D eigenvalue weighted by atomic mass is 10.1. The minimum atomic E-state index is -0.536. The number of amides is 1. The minimum absolute atomic E-state index is 0.127. The molecule has 0 aliphatic rings. The highest BCUT2D eigenvalue weighted by Crippen LogP contribution is 2.19. The molecule has 0 saturated heterocycles. The second-order valence-electron chi connectivity index (χ2n) is 8.38. The van der Waals surface area contributed by atoms with E-state index in [-0.39, 0.29) is 22.5 Å². The average molecular weight is 456 g/mol. The van der Waals surface area contributed by atoms with Gasteiger partial charge in [-0.2, -0.15) is 10.3 Å². The van der Waals surface area contributed by atoms with Crippen LogP contribution in [-0.2, 0) is 6.54 Å². The monoisotopic (exact) mass is 455 g/mol. The molecule has 34 heavy (non-hydrogen) atoms. The van der Waals surface area contributed by atoms with E-state index < -0.39 is 5.91 Å². The second-order valence-corrected chi connectivity index (χ2v) is 8.38. The van der Waals surface area contributed by atoms with E-state index >= 15 is 0 Å². The van der Waals surface area contributed by atoms with E-state index in [0.29, 0.717) is 41.1 Å². The first-order valence-corrected chi connectivity index (χ1v) is 11.1. The molecule has 172 valence electrons. The van der Waals surface area contributed by atoms with Gasteiger partial charge in [-0.1, -0.05) is 32.0 Å². The smallest absolute Gasteiger partial charge is 0.282 e. The number of pyridine rings is 2. The van der Waals surface area contributed by atoms with Crippen molar-refractivity contribution in [2.45, 2.75) is 34.2 Å². The molecule has 3 aromatic heterocycles. The van der Waals surface area contributed by atoms with Crippen LogP contribution in [0.15, 0.2) is 58.4 Å². The molecule has 4 aromatic rings. The molecule has 0 unspecified atom stereocenters.